The summed E-state index contributed by atoms with van der Waals surface area (Å²) < 4.78 is 45.4. The number of ether oxygens (including phenoxy) is 1. The number of fused-ring (bicyclic) bond motifs is 1. The lowest BCUT2D eigenvalue weighted by Gasteiger charge is -2.32. The molecule has 1 amide bonds. The van der Waals surface area contributed by atoms with Gasteiger partial charge in [0, 0.05) is 50.1 Å². The van der Waals surface area contributed by atoms with Gasteiger partial charge in [-0.2, -0.15) is 13.2 Å². The molecule has 0 bridgehead atoms. The fourth-order valence-electron chi connectivity index (χ4n) is 5.52. The molecular formula is C25H31F3N6O3. The Balaban J connectivity index is 1.28. The van der Waals surface area contributed by atoms with Crippen LogP contribution in [0.1, 0.15) is 48.9 Å². The van der Waals surface area contributed by atoms with Gasteiger partial charge >= 0.3 is 6.18 Å². The van der Waals surface area contributed by atoms with Crippen molar-refractivity contribution in [2.45, 2.75) is 63.4 Å². The Kier molecular flexibility index (Phi) is 7.11. The van der Waals surface area contributed by atoms with Crippen molar-refractivity contribution in [2.75, 3.05) is 37.0 Å². The first-order valence-corrected chi connectivity index (χ1v) is 12.6. The average Bonchev–Trinajstić information content (AvgIpc) is 3.36. The minimum absolute atomic E-state index is 0.0204. The molecule has 1 unspecified atom stereocenters. The number of aromatic nitrogens is 3. The molecule has 0 radical (unpaired) electrons. The molecule has 37 heavy (non-hydrogen) atoms. The summed E-state index contributed by atoms with van der Waals surface area (Å²) in [6.07, 6.45) is 2.13. The second kappa shape index (κ2) is 10.3. The third kappa shape index (κ3) is 5.43. The van der Waals surface area contributed by atoms with Crippen molar-refractivity contribution in [3.63, 3.8) is 0 Å². The predicted molar refractivity (Wildman–Crippen MR) is 129 cm³/mol. The molecule has 0 aromatic carbocycles. The SMILES string of the molecule is COc1ncc(N2CCc3ncnc(NC4CCN(C(=O)[C@H]5CC[C@H](O)CC5)C4)c3C2)cc1C(F)(F)F. The number of rotatable bonds is 5. The molecule has 2 fully saturated rings. The zero-order valence-electron chi connectivity index (χ0n) is 20.7. The third-order valence-corrected chi connectivity index (χ3v) is 7.59. The molecule has 5 rings (SSSR count). The van der Waals surface area contributed by atoms with Crippen molar-refractivity contribution in [1.82, 2.24) is 19.9 Å². The summed E-state index contributed by atoms with van der Waals surface area (Å²) in [6, 6.07) is 1.09. The summed E-state index contributed by atoms with van der Waals surface area (Å²) in [4.78, 5) is 29.4. The van der Waals surface area contributed by atoms with Gasteiger partial charge in [-0.1, -0.05) is 0 Å². The number of aliphatic hydroxyl groups excluding tert-OH is 1. The Bertz CT molecular complexity index is 1140. The summed E-state index contributed by atoms with van der Waals surface area (Å²) in [7, 11) is 1.17. The largest absolute Gasteiger partial charge is 0.481 e. The zero-order chi connectivity index (χ0) is 26.2. The maximum atomic E-state index is 13.5. The summed E-state index contributed by atoms with van der Waals surface area (Å²) in [6.45, 7) is 2.06. The van der Waals surface area contributed by atoms with Crippen LogP contribution in [0.4, 0.5) is 24.7 Å². The van der Waals surface area contributed by atoms with Gasteiger partial charge in [-0.3, -0.25) is 4.79 Å². The van der Waals surface area contributed by atoms with Crippen LogP contribution in [0.3, 0.4) is 0 Å². The molecule has 9 nitrogen and oxygen atoms in total. The van der Waals surface area contributed by atoms with Crippen LogP contribution in [0.5, 0.6) is 5.88 Å². The summed E-state index contributed by atoms with van der Waals surface area (Å²) in [5.74, 6) is 0.318. The normalized spacial score (nSPS) is 24.1. The third-order valence-electron chi connectivity index (χ3n) is 7.59. The van der Waals surface area contributed by atoms with Crippen molar-refractivity contribution in [3.05, 3.63) is 35.4 Å². The van der Waals surface area contributed by atoms with E-state index in [1.54, 1.807) is 0 Å². The first-order chi connectivity index (χ1) is 17.7. The van der Waals surface area contributed by atoms with Gasteiger partial charge < -0.3 is 25.0 Å². The van der Waals surface area contributed by atoms with Crippen LogP contribution < -0.4 is 15.0 Å². The number of nitrogens with zero attached hydrogens (tertiary/aromatic N) is 5. The molecule has 2 aliphatic heterocycles. The van der Waals surface area contributed by atoms with E-state index >= 15 is 0 Å². The monoisotopic (exact) mass is 520 g/mol. The van der Waals surface area contributed by atoms with E-state index in [1.807, 2.05) is 9.80 Å². The van der Waals surface area contributed by atoms with Crippen LogP contribution in [0.2, 0.25) is 0 Å². The van der Waals surface area contributed by atoms with E-state index in [0.717, 1.165) is 36.6 Å². The Morgan fingerprint density at radius 1 is 1.14 bits per heavy atom. The van der Waals surface area contributed by atoms with Crippen LogP contribution in [0, 0.1) is 5.92 Å². The molecule has 1 saturated carbocycles. The average molecular weight is 521 g/mol. The number of nitrogens with one attached hydrogen (secondary N) is 1. The van der Waals surface area contributed by atoms with Gasteiger partial charge in [0.1, 0.15) is 17.7 Å². The number of anilines is 2. The molecule has 2 N–H and O–H groups in total. The van der Waals surface area contributed by atoms with E-state index in [0.29, 0.717) is 56.9 Å². The highest BCUT2D eigenvalue weighted by Crippen LogP contribution is 2.38. The number of hydrogen-bond acceptors (Lipinski definition) is 8. The van der Waals surface area contributed by atoms with Crippen molar-refractivity contribution in [3.8, 4) is 5.88 Å². The first kappa shape index (κ1) is 25.5. The number of carbonyl (C=O) groups excluding carboxylic acids is 1. The highest BCUT2D eigenvalue weighted by Gasteiger charge is 2.37. The standard InChI is InChI=1S/C25H31F3N6O3/c1-37-23-20(25(26,27)28)10-17(11-29-23)33-9-7-21-19(13-33)22(31-14-30-21)32-16-6-8-34(12-16)24(36)15-2-4-18(35)5-3-15/h10-11,14-16,18,35H,2-9,12-13H2,1H3,(H,30,31,32)/t15-,16?,18-. The van der Waals surface area contributed by atoms with Crippen molar-refractivity contribution >= 4 is 17.4 Å². The number of aliphatic hydroxyl groups is 1. The summed E-state index contributed by atoms with van der Waals surface area (Å²) in [5.41, 5.74) is 1.13. The number of pyridine rings is 1. The minimum Gasteiger partial charge on any atom is -0.481 e. The van der Waals surface area contributed by atoms with Gasteiger partial charge in [-0.25, -0.2) is 15.0 Å². The molecule has 0 spiro atoms. The number of alkyl halides is 3. The lowest BCUT2D eigenvalue weighted by molar-refractivity contribution is -0.139. The number of carbonyl (C=O) groups is 1. The van der Waals surface area contributed by atoms with Crippen LogP contribution in [0.15, 0.2) is 18.6 Å². The van der Waals surface area contributed by atoms with Gasteiger partial charge in [-0.05, 0) is 38.2 Å². The Hall–Kier alpha value is -3.15. The number of likely N-dealkylation sites (tertiary alicyclic amines) is 1. The van der Waals surface area contributed by atoms with Crippen LogP contribution in [-0.2, 0) is 23.9 Å². The van der Waals surface area contributed by atoms with E-state index in [-0.39, 0.29) is 24.0 Å². The van der Waals surface area contributed by atoms with Crippen molar-refractivity contribution in [1.29, 1.82) is 0 Å². The smallest absolute Gasteiger partial charge is 0.421 e. The molecule has 2 aromatic heterocycles. The van der Waals surface area contributed by atoms with Crippen LogP contribution >= 0.6 is 0 Å². The minimum atomic E-state index is -4.58. The second-order valence-electron chi connectivity index (χ2n) is 9.99. The van der Waals surface area contributed by atoms with Crippen molar-refractivity contribution < 1.29 is 27.8 Å². The van der Waals surface area contributed by atoms with E-state index in [9.17, 15) is 23.1 Å². The molecular weight excluding hydrogens is 489 g/mol. The molecule has 3 aliphatic rings. The second-order valence-corrected chi connectivity index (χ2v) is 9.99. The Labute approximate surface area is 213 Å². The molecule has 1 saturated heterocycles. The van der Waals surface area contributed by atoms with E-state index in [4.69, 9.17) is 4.74 Å². The number of halogens is 3. The van der Waals surface area contributed by atoms with E-state index in [2.05, 4.69) is 20.3 Å². The molecule has 12 heteroatoms. The quantitative estimate of drug-likeness (QED) is 0.620. The number of hydrogen-bond donors (Lipinski definition) is 2. The van der Waals surface area contributed by atoms with Gasteiger partial charge in [0.05, 0.1) is 30.8 Å². The van der Waals surface area contributed by atoms with Gasteiger partial charge in [0.2, 0.25) is 11.8 Å². The van der Waals surface area contributed by atoms with E-state index in [1.165, 1.54) is 19.6 Å². The van der Waals surface area contributed by atoms with Crippen molar-refractivity contribution in [2.24, 2.45) is 5.92 Å². The number of amides is 1. The molecule has 4 heterocycles. The molecule has 2 aromatic rings. The number of methoxy groups -OCH3 is 1. The maximum Gasteiger partial charge on any atom is 0.421 e. The predicted octanol–water partition coefficient (Wildman–Crippen LogP) is 3.03. The first-order valence-electron chi connectivity index (χ1n) is 12.6. The van der Waals surface area contributed by atoms with E-state index < -0.39 is 17.6 Å². The molecule has 200 valence electrons. The summed E-state index contributed by atoms with van der Waals surface area (Å²) in [5, 5.41) is 13.2. The maximum absolute atomic E-state index is 13.5. The topological polar surface area (TPSA) is 104 Å². The summed E-state index contributed by atoms with van der Waals surface area (Å²) >= 11 is 0. The van der Waals surface area contributed by atoms with Crippen LogP contribution in [0.25, 0.3) is 0 Å². The Morgan fingerprint density at radius 3 is 2.65 bits per heavy atom. The fourth-order valence-corrected chi connectivity index (χ4v) is 5.52. The fraction of sp³-hybridized carbons (Fsp3) is 0.600. The lowest BCUT2D eigenvalue weighted by Crippen LogP contribution is -2.38. The lowest BCUT2D eigenvalue weighted by atomic mass is 9.86. The van der Waals surface area contributed by atoms with Gasteiger partial charge in [0.25, 0.3) is 0 Å². The van der Waals surface area contributed by atoms with Crippen LogP contribution in [-0.4, -0.2) is 69.8 Å². The molecule has 1 aliphatic carbocycles. The van der Waals surface area contributed by atoms with Gasteiger partial charge in [-0.15, -0.1) is 0 Å². The molecule has 1 atom stereocenters. The van der Waals surface area contributed by atoms with Gasteiger partial charge in [0.15, 0.2) is 0 Å². The Morgan fingerprint density at radius 2 is 1.92 bits per heavy atom. The zero-order valence-corrected chi connectivity index (χ0v) is 20.7. The highest BCUT2D eigenvalue weighted by molar-refractivity contribution is 5.79. The highest BCUT2D eigenvalue weighted by atomic mass is 19.4.